The van der Waals surface area contributed by atoms with Gasteiger partial charge in [-0.25, -0.2) is 23.1 Å². The van der Waals surface area contributed by atoms with Crippen molar-refractivity contribution in [2.24, 2.45) is 5.73 Å². The summed E-state index contributed by atoms with van der Waals surface area (Å²) in [6, 6.07) is 4.35. The number of nitrogens with two attached hydrogens (primary N) is 1. The fraction of sp³-hybridized carbons (Fsp3) is 0.350. The Balaban J connectivity index is 2.05. The average molecular weight is 463 g/mol. The SMILES string of the molecule is CC(C)n1cnc(-c2nccnc2C(C)(Cl)Cc2ccc(S(C)(=O)=O)cc2C(N)=O)n1. The Morgan fingerprint density at radius 3 is 2.48 bits per heavy atom. The second-order valence-corrected chi connectivity index (χ2v) is 10.6. The largest absolute Gasteiger partial charge is 0.366 e. The summed E-state index contributed by atoms with van der Waals surface area (Å²) in [6.07, 6.45) is 5.86. The minimum Gasteiger partial charge on any atom is -0.366 e. The maximum atomic E-state index is 12.0. The van der Waals surface area contributed by atoms with Gasteiger partial charge >= 0.3 is 0 Å². The van der Waals surface area contributed by atoms with Crippen LogP contribution in [0.25, 0.3) is 11.5 Å². The first kappa shape index (κ1) is 22.8. The molecule has 11 heteroatoms. The van der Waals surface area contributed by atoms with Gasteiger partial charge in [0, 0.05) is 30.3 Å². The number of aromatic nitrogens is 5. The molecular formula is C20H23ClN6O3S. The van der Waals surface area contributed by atoms with Crippen LogP contribution >= 0.6 is 11.6 Å². The summed E-state index contributed by atoms with van der Waals surface area (Å²) in [5.74, 6) is -0.365. The smallest absolute Gasteiger partial charge is 0.249 e. The maximum Gasteiger partial charge on any atom is 0.249 e. The van der Waals surface area contributed by atoms with Crippen LogP contribution < -0.4 is 5.73 Å². The van der Waals surface area contributed by atoms with E-state index >= 15 is 0 Å². The molecule has 9 nitrogen and oxygen atoms in total. The van der Waals surface area contributed by atoms with E-state index in [2.05, 4.69) is 20.1 Å². The Kier molecular flexibility index (Phi) is 6.15. The van der Waals surface area contributed by atoms with Gasteiger partial charge in [-0.15, -0.1) is 16.7 Å². The molecular weight excluding hydrogens is 440 g/mol. The highest BCUT2D eigenvalue weighted by atomic mass is 35.5. The number of hydrogen-bond donors (Lipinski definition) is 1. The summed E-state index contributed by atoms with van der Waals surface area (Å²) >= 11 is 6.89. The summed E-state index contributed by atoms with van der Waals surface area (Å²) in [5.41, 5.74) is 6.94. The van der Waals surface area contributed by atoms with Gasteiger partial charge in [0.1, 0.15) is 12.0 Å². The second-order valence-electron chi connectivity index (χ2n) is 7.73. The van der Waals surface area contributed by atoms with E-state index in [1.807, 2.05) is 13.8 Å². The van der Waals surface area contributed by atoms with Gasteiger partial charge in [0.2, 0.25) is 11.7 Å². The number of amides is 1. The summed E-state index contributed by atoms with van der Waals surface area (Å²) in [7, 11) is -3.50. The third-order valence-corrected chi connectivity index (χ3v) is 6.16. The molecule has 1 atom stereocenters. The van der Waals surface area contributed by atoms with Crippen molar-refractivity contribution >= 4 is 27.3 Å². The van der Waals surface area contributed by atoms with E-state index in [-0.39, 0.29) is 22.9 Å². The maximum absolute atomic E-state index is 12.0. The number of halogens is 1. The number of rotatable bonds is 7. The molecule has 0 radical (unpaired) electrons. The molecule has 31 heavy (non-hydrogen) atoms. The van der Waals surface area contributed by atoms with Crippen LogP contribution in [0.4, 0.5) is 0 Å². The number of nitrogens with zero attached hydrogens (tertiary/aromatic N) is 5. The van der Waals surface area contributed by atoms with Crippen LogP contribution in [0, 0.1) is 0 Å². The van der Waals surface area contributed by atoms with E-state index in [1.165, 1.54) is 24.5 Å². The minimum absolute atomic E-state index is 0.00458. The number of primary amides is 1. The monoisotopic (exact) mass is 462 g/mol. The molecule has 1 amide bonds. The lowest BCUT2D eigenvalue weighted by Crippen LogP contribution is -2.24. The van der Waals surface area contributed by atoms with Crippen LogP contribution in [0.3, 0.4) is 0 Å². The molecule has 0 bridgehead atoms. The van der Waals surface area contributed by atoms with Gasteiger partial charge in [0.05, 0.1) is 15.5 Å². The molecule has 0 fully saturated rings. The van der Waals surface area contributed by atoms with Gasteiger partial charge in [0.25, 0.3) is 0 Å². The van der Waals surface area contributed by atoms with Crippen molar-refractivity contribution in [3.8, 4) is 11.5 Å². The Labute approximate surface area is 185 Å². The first-order chi connectivity index (χ1) is 14.4. The van der Waals surface area contributed by atoms with Crippen molar-refractivity contribution in [1.82, 2.24) is 24.7 Å². The molecule has 2 N–H and O–H groups in total. The predicted octanol–water partition coefficient (Wildman–Crippen LogP) is 2.52. The van der Waals surface area contributed by atoms with Crippen molar-refractivity contribution in [2.45, 2.75) is 43.0 Å². The number of alkyl halides is 1. The van der Waals surface area contributed by atoms with Gasteiger partial charge in [-0.05, 0) is 44.9 Å². The van der Waals surface area contributed by atoms with Gasteiger partial charge < -0.3 is 5.73 Å². The summed E-state index contributed by atoms with van der Waals surface area (Å²) in [4.78, 5) is 24.0. The lowest BCUT2D eigenvalue weighted by molar-refractivity contribution is 0.0999. The number of sulfone groups is 1. The third-order valence-electron chi connectivity index (χ3n) is 4.74. The number of benzene rings is 1. The summed E-state index contributed by atoms with van der Waals surface area (Å²) < 4.78 is 25.4. The van der Waals surface area contributed by atoms with Crippen LogP contribution in [0.5, 0.6) is 0 Å². The zero-order chi connectivity index (χ0) is 23.0. The van der Waals surface area contributed by atoms with Crippen LogP contribution in [-0.2, 0) is 21.1 Å². The Morgan fingerprint density at radius 1 is 1.23 bits per heavy atom. The first-order valence-electron chi connectivity index (χ1n) is 9.45. The summed E-state index contributed by atoms with van der Waals surface area (Å²) in [6.45, 7) is 5.69. The van der Waals surface area contributed by atoms with E-state index in [1.54, 1.807) is 24.0 Å². The third kappa shape index (κ3) is 4.91. The number of carbonyl (C=O) groups excluding carboxylic acids is 1. The second kappa shape index (κ2) is 8.35. The molecule has 3 aromatic rings. The molecule has 1 aromatic carbocycles. The number of hydrogen-bond acceptors (Lipinski definition) is 7. The van der Waals surface area contributed by atoms with Gasteiger partial charge in [-0.1, -0.05) is 6.07 Å². The van der Waals surface area contributed by atoms with E-state index in [4.69, 9.17) is 17.3 Å². The number of carbonyl (C=O) groups is 1. The average Bonchev–Trinajstić information content (AvgIpc) is 3.17. The molecule has 3 rings (SSSR count). The standard InChI is InChI=1S/C20H23ClN6O3S/c1-12(2)27-11-25-19(26-27)16-17(24-8-7-23-16)20(3,21)10-13-5-6-14(31(4,29)30)9-15(13)18(22)28/h5-9,11-12H,10H2,1-4H3,(H2,22,28). The molecule has 1 unspecified atom stereocenters. The van der Waals surface area contributed by atoms with Crippen molar-refractivity contribution in [3.05, 3.63) is 53.7 Å². The lowest BCUT2D eigenvalue weighted by atomic mass is 9.92. The van der Waals surface area contributed by atoms with Gasteiger partial charge in [-0.2, -0.15) is 0 Å². The molecule has 0 aliphatic carbocycles. The van der Waals surface area contributed by atoms with Crippen molar-refractivity contribution < 1.29 is 13.2 Å². The molecule has 0 aliphatic rings. The predicted molar refractivity (Wildman–Crippen MR) is 116 cm³/mol. The van der Waals surface area contributed by atoms with E-state index in [0.29, 0.717) is 22.8 Å². The molecule has 0 aliphatic heterocycles. The van der Waals surface area contributed by atoms with Crippen molar-refractivity contribution in [3.63, 3.8) is 0 Å². The van der Waals surface area contributed by atoms with Crippen molar-refractivity contribution in [1.29, 1.82) is 0 Å². The highest BCUT2D eigenvalue weighted by molar-refractivity contribution is 7.90. The van der Waals surface area contributed by atoms with Crippen LogP contribution in [0.15, 0.2) is 41.8 Å². The molecule has 0 saturated heterocycles. The molecule has 0 spiro atoms. The first-order valence-corrected chi connectivity index (χ1v) is 11.7. The fourth-order valence-electron chi connectivity index (χ4n) is 3.13. The van der Waals surface area contributed by atoms with Gasteiger partial charge in [0.15, 0.2) is 9.84 Å². The Morgan fingerprint density at radius 2 is 1.90 bits per heavy atom. The molecule has 2 heterocycles. The summed E-state index contributed by atoms with van der Waals surface area (Å²) in [5, 5.41) is 4.45. The van der Waals surface area contributed by atoms with E-state index < -0.39 is 20.6 Å². The van der Waals surface area contributed by atoms with E-state index in [0.717, 1.165) is 6.26 Å². The zero-order valence-electron chi connectivity index (χ0n) is 17.6. The molecule has 2 aromatic heterocycles. The Bertz CT molecular complexity index is 1240. The van der Waals surface area contributed by atoms with Crippen LogP contribution in [0.1, 0.15) is 48.4 Å². The van der Waals surface area contributed by atoms with E-state index in [9.17, 15) is 13.2 Å². The quantitative estimate of drug-likeness (QED) is 0.533. The Hall–Kier alpha value is -2.85. The fourth-order valence-corrected chi connectivity index (χ4v) is 4.06. The van der Waals surface area contributed by atoms with Gasteiger partial charge in [-0.3, -0.25) is 9.78 Å². The molecule has 164 valence electrons. The van der Waals surface area contributed by atoms with Crippen LogP contribution in [-0.4, -0.2) is 45.3 Å². The van der Waals surface area contributed by atoms with Crippen molar-refractivity contribution in [2.75, 3.05) is 6.26 Å². The molecule has 0 saturated carbocycles. The normalized spacial score (nSPS) is 13.9. The topological polar surface area (TPSA) is 134 Å². The highest BCUT2D eigenvalue weighted by Crippen LogP contribution is 2.36. The van der Waals surface area contributed by atoms with Crippen LogP contribution in [0.2, 0.25) is 0 Å². The minimum atomic E-state index is -3.50. The highest BCUT2D eigenvalue weighted by Gasteiger charge is 2.32. The zero-order valence-corrected chi connectivity index (χ0v) is 19.1. The lowest BCUT2D eigenvalue weighted by Gasteiger charge is -2.24.